The van der Waals surface area contributed by atoms with Crippen LogP contribution in [0.1, 0.15) is 52.4 Å². The average molecular weight is 167 g/mol. The predicted molar refractivity (Wildman–Crippen MR) is 52.3 cm³/mol. The van der Waals surface area contributed by atoms with Gasteiger partial charge in [-0.1, -0.05) is 13.8 Å². The van der Waals surface area contributed by atoms with E-state index in [1.54, 1.807) is 0 Å². The molecule has 3 atom stereocenters. The summed E-state index contributed by atoms with van der Waals surface area (Å²) in [5, 5.41) is 0. The molecule has 0 spiro atoms. The summed E-state index contributed by atoms with van der Waals surface area (Å²) in [6.07, 6.45) is 8.64. The monoisotopic (exact) mass is 167 g/mol. The van der Waals surface area contributed by atoms with Gasteiger partial charge in [-0.25, -0.2) is 0 Å². The van der Waals surface area contributed by atoms with Gasteiger partial charge in [0.05, 0.1) is 0 Å². The summed E-state index contributed by atoms with van der Waals surface area (Å²) in [6, 6.07) is 2.84. The summed E-state index contributed by atoms with van der Waals surface area (Å²) in [4.78, 5) is 2.83. The van der Waals surface area contributed by atoms with Crippen molar-refractivity contribution in [3.63, 3.8) is 0 Å². The van der Waals surface area contributed by atoms with Gasteiger partial charge in [0.1, 0.15) is 0 Å². The maximum atomic E-state index is 2.83. The molecule has 1 nitrogen and oxygen atoms in total. The van der Waals surface area contributed by atoms with Crippen LogP contribution in [0.2, 0.25) is 0 Å². The summed E-state index contributed by atoms with van der Waals surface area (Å²) in [5.41, 5.74) is 0. The van der Waals surface area contributed by atoms with E-state index < -0.39 is 0 Å². The van der Waals surface area contributed by atoms with Gasteiger partial charge in [0.25, 0.3) is 0 Å². The average Bonchev–Trinajstić information content (AvgIpc) is 2.62. The van der Waals surface area contributed by atoms with Crippen molar-refractivity contribution in [3.8, 4) is 0 Å². The SMILES string of the molecule is CC[C@@H]1CCC2CC[C@H](CC)N21. The van der Waals surface area contributed by atoms with Crippen molar-refractivity contribution in [1.29, 1.82) is 0 Å². The highest BCUT2D eigenvalue weighted by Gasteiger charge is 2.40. The molecule has 1 unspecified atom stereocenters. The van der Waals surface area contributed by atoms with E-state index >= 15 is 0 Å². The molecular weight excluding hydrogens is 146 g/mol. The molecule has 0 aromatic heterocycles. The van der Waals surface area contributed by atoms with Gasteiger partial charge in [-0.05, 0) is 38.5 Å². The molecule has 0 aromatic rings. The van der Waals surface area contributed by atoms with Crippen molar-refractivity contribution in [2.45, 2.75) is 70.5 Å². The number of nitrogens with zero attached hydrogens (tertiary/aromatic N) is 1. The molecule has 0 aromatic carbocycles. The molecule has 2 saturated heterocycles. The minimum Gasteiger partial charge on any atom is -0.295 e. The molecule has 0 radical (unpaired) electrons. The number of hydrogen-bond acceptors (Lipinski definition) is 1. The fraction of sp³-hybridized carbons (Fsp3) is 1.00. The molecule has 0 saturated carbocycles. The normalized spacial score (nSPS) is 42.0. The lowest BCUT2D eigenvalue weighted by Gasteiger charge is -2.29. The Morgan fingerprint density at radius 2 is 1.42 bits per heavy atom. The Bertz CT molecular complexity index is 139. The Kier molecular flexibility index (Phi) is 2.40. The van der Waals surface area contributed by atoms with Gasteiger partial charge in [-0.3, -0.25) is 4.90 Å². The Morgan fingerprint density at radius 1 is 0.917 bits per heavy atom. The molecule has 1 heteroatoms. The Labute approximate surface area is 76.1 Å². The van der Waals surface area contributed by atoms with Crippen LogP contribution in [-0.2, 0) is 0 Å². The Morgan fingerprint density at radius 3 is 1.83 bits per heavy atom. The maximum absolute atomic E-state index is 2.83. The first-order valence-electron chi connectivity index (χ1n) is 5.64. The van der Waals surface area contributed by atoms with Gasteiger partial charge in [0, 0.05) is 18.1 Å². The van der Waals surface area contributed by atoms with E-state index in [9.17, 15) is 0 Å². The van der Waals surface area contributed by atoms with Crippen LogP contribution < -0.4 is 0 Å². The number of fused-ring (bicyclic) bond motifs is 1. The first-order chi connectivity index (χ1) is 5.86. The van der Waals surface area contributed by atoms with Crippen LogP contribution in [0.5, 0.6) is 0 Å². The largest absolute Gasteiger partial charge is 0.295 e. The van der Waals surface area contributed by atoms with E-state index in [1.165, 1.54) is 38.5 Å². The van der Waals surface area contributed by atoms with Crippen molar-refractivity contribution in [2.24, 2.45) is 0 Å². The fourth-order valence-electron chi connectivity index (χ4n) is 3.23. The molecule has 0 amide bonds. The Hall–Kier alpha value is -0.0400. The minimum absolute atomic E-state index is 0.933. The highest BCUT2D eigenvalue weighted by atomic mass is 15.3. The second kappa shape index (κ2) is 3.37. The quantitative estimate of drug-likeness (QED) is 0.611. The van der Waals surface area contributed by atoms with E-state index in [-0.39, 0.29) is 0 Å². The van der Waals surface area contributed by atoms with Gasteiger partial charge < -0.3 is 0 Å². The molecule has 2 aliphatic heterocycles. The fourth-order valence-corrected chi connectivity index (χ4v) is 3.23. The molecule has 2 fully saturated rings. The lowest BCUT2D eigenvalue weighted by Crippen LogP contribution is -2.37. The molecule has 0 aliphatic carbocycles. The smallest absolute Gasteiger partial charge is 0.0102 e. The lowest BCUT2D eigenvalue weighted by molar-refractivity contribution is 0.173. The zero-order valence-corrected chi connectivity index (χ0v) is 8.42. The predicted octanol–water partition coefficient (Wildman–Crippen LogP) is 2.80. The summed E-state index contributed by atoms with van der Waals surface area (Å²) in [6.45, 7) is 4.69. The molecule has 0 N–H and O–H groups in total. The van der Waals surface area contributed by atoms with Crippen LogP contribution in [-0.4, -0.2) is 23.0 Å². The second-order valence-corrected chi connectivity index (χ2v) is 4.38. The number of rotatable bonds is 2. The van der Waals surface area contributed by atoms with Crippen molar-refractivity contribution in [2.75, 3.05) is 0 Å². The van der Waals surface area contributed by atoms with Crippen LogP contribution in [0.25, 0.3) is 0 Å². The summed E-state index contributed by atoms with van der Waals surface area (Å²) in [5.74, 6) is 0. The highest BCUT2D eigenvalue weighted by Crippen LogP contribution is 2.38. The summed E-state index contributed by atoms with van der Waals surface area (Å²) < 4.78 is 0. The third-order valence-corrected chi connectivity index (χ3v) is 3.87. The third kappa shape index (κ3) is 1.19. The van der Waals surface area contributed by atoms with Gasteiger partial charge in [0.2, 0.25) is 0 Å². The van der Waals surface area contributed by atoms with E-state index in [4.69, 9.17) is 0 Å². The van der Waals surface area contributed by atoms with Gasteiger partial charge in [-0.2, -0.15) is 0 Å². The van der Waals surface area contributed by atoms with Crippen LogP contribution in [0, 0.1) is 0 Å². The number of hydrogen-bond donors (Lipinski definition) is 0. The zero-order chi connectivity index (χ0) is 8.55. The van der Waals surface area contributed by atoms with Crippen molar-refractivity contribution in [1.82, 2.24) is 4.90 Å². The van der Waals surface area contributed by atoms with E-state index in [1.807, 2.05) is 0 Å². The molecule has 70 valence electrons. The van der Waals surface area contributed by atoms with Crippen LogP contribution in [0.15, 0.2) is 0 Å². The molecule has 0 bridgehead atoms. The van der Waals surface area contributed by atoms with Gasteiger partial charge in [0.15, 0.2) is 0 Å². The van der Waals surface area contributed by atoms with Crippen molar-refractivity contribution >= 4 is 0 Å². The standard InChI is InChI=1S/C11H21N/c1-3-9-5-7-11-8-6-10(4-2)12(9)11/h9-11H,3-8H2,1-2H3/t9-,10+,11?. The first-order valence-corrected chi connectivity index (χ1v) is 5.64. The third-order valence-electron chi connectivity index (χ3n) is 3.87. The van der Waals surface area contributed by atoms with Gasteiger partial charge >= 0.3 is 0 Å². The molecule has 12 heavy (non-hydrogen) atoms. The van der Waals surface area contributed by atoms with Crippen molar-refractivity contribution in [3.05, 3.63) is 0 Å². The topological polar surface area (TPSA) is 3.24 Å². The summed E-state index contributed by atoms with van der Waals surface area (Å²) >= 11 is 0. The van der Waals surface area contributed by atoms with Crippen molar-refractivity contribution < 1.29 is 0 Å². The zero-order valence-electron chi connectivity index (χ0n) is 8.42. The van der Waals surface area contributed by atoms with E-state index in [2.05, 4.69) is 18.7 Å². The maximum Gasteiger partial charge on any atom is 0.0102 e. The van der Waals surface area contributed by atoms with Gasteiger partial charge in [-0.15, -0.1) is 0 Å². The van der Waals surface area contributed by atoms with Crippen LogP contribution in [0.3, 0.4) is 0 Å². The molecular formula is C11H21N. The molecule has 2 aliphatic rings. The highest BCUT2D eigenvalue weighted by molar-refractivity contribution is 4.96. The molecule has 2 heterocycles. The first kappa shape index (κ1) is 8.55. The van der Waals surface area contributed by atoms with E-state index in [0.717, 1.165) is 18.1 Å². The second-order valence-electron chi connectivity index (χ2n) is 4.38. The Balaban J connectivity index is 2.05. The minimum atomic E-state index is 0.933. The summed E-state index contributed by atoms with van der Waals surface area (Å²) in [7, 11) is 0. The lowest BCUT2D eigenvalue weighted by atomic mass is 10.1. The van der Waals surface area contributed by atoms with Crippen LogP contribution >= 0.6 is 0 Å². The van der Waals surface area contributed by atoms with E-state index in [0.29, 0.717) is 0 Å². The molecule has 2 rings (SSSR count). The van der Waals surface area contributed by atoms with Crippen LogP contribution in [0.4, 0.5) is 0 Å².